The van der Waals surface area contributed by atoms with E-state index in [0.717, 1.165) is 19.3 Å². The second kappa shape index (κ2) is 10.1. The number of hydrogen-bond donors (Lipinski definition) is 1. The minimum Gasteiger partial charge on any atom is -0.458 e. The van der Waals surface area contributed by atoms with Gasteiger partial charge in [-0.25, -0.2) is 0 Å². The molecule has 10 atom stereocenters. The van der Waals surface area contributed by atoms with Gasteiger partial charge in [-0.2, -0.15) is 8.42 Å². The molecule has 1 aliphatic heterocycles. The predicted molar refractivity (Wildman–Crippen MR) is 154 cm³/mol. The van der Waals surface area contributed by atoms with Crippen LogP contribution < -0.4 is 4.74 Å². The Morgan fingerprint density at radius 3 is 2.32 bits per heavy atom. The van der Waals surface area contributed by atoms with Gasteiger partial charge in [0.15, 0.2) is 0 Å². The molecule has 1 N–H and O–H groups in total. The quantitative estimate of drug-likeness (QED) is 0.258. The van der Waals surface area contributed by atoms with E-state index >= 15 is 0 Å². The third kappa shape index (κ3) is 4.47. The number of benzene rings is 1. The van der Waals surface area contributed by atoms with Crippen LogP contribution in [0.5, 0.6) is 5.75 Å². The topological polar surface area (TPSA) is 150 Å². The number of rotatable bonds is 7. The molecule has 6 fully saturated rings. The van der Waals surface area contributed by atoms with Crippen LogP contribution in [0.15, 0.2) is 17.0 Å². The van der Waals surface area contributed by atoms with E-state index in [4.69, 9.17) is 14.2 Å². The fourth-order valence-corrected chi connectivity index (χ4v) is 10.3. The molecule has 7 rings (SSSR count). The van der Waals surface area contributed by atoms with Gasteiger partial charge in [0, 0.05) is 24.2 Å². The van der Waals surface area contributed by atoms with Crippen LogP contribution in [0.3, 0.4) is 0 Å². The smallest absolute Gasteiger partial charge is 0.315 e. The van der Waals surface area contributed by atoms with Crippen molar-refractivity contribution < 1.29 is 46.4 Å². The van der Waals surface area contributed by atoms with Crippen molar-refractivity contribution in [2.45, 2.75) is 102 Å². The van der Waals surface area contributed by atoms with E-state index in [-0.39, 0.29) is 46.1 Å². The average molecular weight is 629 g/mol. The van der Waals surface area contributed by atoms with Gasteiger partial charge in [0.25, 0.3) is 10.1 Å². The zero-order chi connectivity index (χ0) is 31.5. The summed E-state index contributed by atoms with van der Waals surface area (Å²) in [4.78, 5) is 53.5. The minimum absolute atomic E-state index is 0.105. The van der Waals surface area contributed by atoms with Crippen LogP contribution >= 0.6 is 0 Å². The second-order valence-electron chi connectivity index (χ2n) is 14.9. The molecule has 10 nitrogen and oxygen atoms in total. The normalized spacial score (nSPS) is 38.4. The third-order valence-corrected chi connectivity index (χ3v) is 12.6. The molecule has 6 aliphatic rings. The number of hydrogen-bond acceptors (Lipinski definition) is 9. The van der Waals surface area contributed by atoms with Crippen molar-refractivity contribution in [3.8, 4) is 5.75 Å². The lowest BCUT2D eigenvalue weighted by Crippen LogP contribution is -2.53. The first-order valence-electron chi connectivity index (χ1n) is 16.0. The van der Waals surface area contributed by atoms with Crippen molar-refractivity contribution in [3.63, 3.8) is 0 Å². The first-order valence-corrected chi connectivity index (χ1v) is 17.4. The Bertz CT molecular complexity index is 1530. The number of ketones is 1. The standard InChI is InChI=1S/C33H40O10S/c1-14(2)20-9-19(44(38,39)40)10-21(15(3)4)27(20)41-30(35)26-23-11-22-25(26)31(36)42-28(22)29(23)43-32(37)33-6-5-16-8-24(34)18(13-33)7-17(16)12-33/h9-10,14-18,22-23,25-26,28-29H,5-8,11-13H2,1-4H3,(H,38,39,40). The van der Waals surface area contributed by atoms with E-state index < -0.39 is 57.4 Å². The zero-order valence-corrected chi connectivity index (χ0v) is 26.3. The van der Waals surface area contributed by atoms with Crippen LogP contribution in [-0.4, -0.2) is 48.9 Å². The van der Waals surface area contributed by atoms with Crippen LogP contribution in [0.4, 0.5) is 0 Å². The lowest BCUT2D eigenvalue weighted by molar-refractivity contribution is -0.184. The highest BCUT2D eigenvalue weighted by Crippen LogP contribution is 2.61. The zero-order valence-electron chi connectivity index (χ0n) is 25.5. The molecule has 1 aromatic rings. The van der Waals surface area contributed by atoms with E-state index in [9.17, 15) is 32.1 Å². The van der Waals surface area contributed by atoms with Crippen molar-refractivity contribution in [1.82, 2.24) is 0 Å². The summed E-state index contributed by atoms with van der Waals surface area (Å²) >= 11 is 0. The number of fused-ring (bicyclic) bond motifs is 3. The van der Waals surface area contributed by atoms with E-state index in [1.54, 1.807) is 0 Å². The maximum atomic E-state index is 14.0. The Balaban J connectivity index is 1.17. The van der Waals surface area contributed by atoms with Crippen molar-refractivity contribution in [2.75, 3.05) is 0 Å². The van der Waals surface area contributed by atoms with Crippen molar-refractivity contribution in [3.05, 3.63) is 23.3 Å². The number of carbonyl (C=O) groups is 4. The number of ether oxygens (including phenoxy) is 3. The molecule has 0 radical (unpaired) electrons. The van der Waals surface area contributed by atoms with Crippen LogP contribution in [0.1, 0.15) is 95.6 Å². The summed E-state index contributed by atoms with van der Waals surface area (Å²) in [7, 11) is -4.51. The van der Waals surface area contributed by atoms with Gasteiger partial charge in [0.1, 0.15) is 23.7 Å². The SMILES string of the molecule is CC(C)c1cc(S(=O)(=O)O)cc(C(C)C)c1OC(=O)C1C2CC3C(OC(=O)C31)C2OC(=O)C12CCC3CC(=O)C(CC3C1)C2. The molecule has 5 saturated carbocycles. The first-order chi connectivity index (χ1) is 20.7. The Labute approximate surface area is 257 Å². The fraction of sp³-hybridized carbons (Fsp3) is 0.697. The van der Waals surface area contributed by atoms with E-state index in [0.29, 0.717) is 48.6 Å². The lowest BCUT2D eigenvalue weighted by atomic mass is 9.51. The highest BCUT2D eigenvalue weighted by molar-refractivity contribution is 7.85. The molecule has 1 heterocycles. The summed E-state index contributed by atoms with van der Waals surface area (Å²) in [6.07, 6.45) is 3.33. The van der Waals surface area contributed by atoms with Crippen LogP contribution in [-0.2, 0) is 38.8 Å². The molecule has 1 aromatic carbocycles. The summed E-state index contributed by atoms with van der Waals surface area (Å²) in [6, 6.07) is 2.64. The molecule has 238 valence electrons. The molecule has 0 spiro atoms. The minimum atomic E-state index is -4.51. The van der Waals surface area contributed by atoms with Crippen LogP contribution in [0.2, 0.25) is 0 Å². The number of Topliss-reactive ketones (excluding diaryl/α,β-unsaturated/α-hetero) is 1. The van der Waals surface area contributed by atoms with E-state index in [1.165, 1.54) is 12.1 Å². The van der Waals surface area contributed by atoms with Gasteiger partial charge in [-0.05, 0) is 85.5 Å². The van der Waals surface area contributed by atoms with E-state index in [2.05, 4.69) is 0 Å². The van der Waals surface area contributed by atoms with Crippen molar-refractivity contribution in [2.24, 2.45) is 46.8 Å². The van der Waals surface area contributed by atoms with Crippen LogP contribution in [0.25, 0.3) is 0 Å². The first kappa shape index (κ1) is 29.9. The summed E-state index contributed by atoms with van der Waals surface area (Å²) in [5, 5.41) is 0. The fourth-order valence-electron chi connectivity index (χ4n) is 9.71. The molecule has 11 heteroatoms. The summed E-state index contributed by atoms with van der Waals surface area (Å²) in [5.41, 5.74) is 0.178. The molecule has 44 heavy (non-hydrogen) atoms. The third-order valence-electron chi connectivity index (χ3n) is 11.8. The number of esters is 3. The summed E-state index contributed by atoms with van der Waals surface area (Å²) in [5.74, 6) is -3.21. The van der Waals surface area contributed by atoms with Gasteiger partial charge >= 0.3 is 17.9 Å². The van der Waals surface area contributed by atoms with Crippen molar-refractivity contribution >= 4 is 33.8 Å². The van der Waals surface area contributed by atoms with Gasteiger partial charge in [0.05, 0.1) is 22.1 Å². The molecule has 5 bridgehead atoms. The maximum Gasteiger partial charge on any atom is 0.315 e. The van der Waals surface area contributed by atoms with Gasteiger partial charge in [-0.3, -0.25) is 23.7 Å². The average Bonchev–Trinajstić information content (AvgIpc) is 3.57. The Kier molecular flexibility index (Phi) is 6.87. The molecule has 0 aromatic heterocycles. The second-order valence-corrected chi connectivity index (χ2v) is 16.3. The highest BCUT2D eigenvalue weighted by Gasteiger charge is 2.71. The molecule has 5 aliphatic carbocycles. The van der Waals surface area contributed by atoms with Gasteiger partial charge in [0.2, 0.25) is 0 Å². The maximum absolute atomic E-state index is 14.0. The Morgan fingerprint density at radius 1 is 1.00 bits per heavy atom. The molecule has 1 saturated heterocycles. The monoisotopic (exact) mass is 628 g/mol. The largest absolute Gasteiger partial charge is 0.458 e. The molecular weight excluding hydrogens is 588 g/mol. The van der Waals surface area contributed by atoms with E-state index in [1.807, 2.05) is 27.7 Å². The van der Waals surface area contributed by atoms with Gasteiger partial charge in [-0.1, -0.05) is 27.7 Å². The van der Waals surface area contributed by atoms with Gasteiger partial charge < -0.3 is 14.2 Å². The summed E-state index contributed by atoms with van der Waals surface area (Å²) in [6.45, 7) is 7.32. The predicted octanol–water partition coefficient (Wildman–Crippen LogP) is 4.59. The summed E-state index contributed by atoms with van der Waals surface area (Å²) < 4.78 is 51.9. The molecule has 10 unspecified atom stereocenters. The molecule has 0 amide bonds. The lowest BCUT2D eigenvalue weighted by Gasteiger charge is -2.53. The highest BCUT2D eigenvalue weighted by atomic mass is 32.2. The Morgan fingerprint density at radius 2 is 1.68 bits per heavy atom. The van der Waals surface area contributed by atoms with Crippen LogP contribution in [0, 0.1) is 46.8 Å². The van der Waals surface area contributed by atoms with Gasteiger partial charge in [-0.15, -0.1) is 0 Å². The molecular formula is C33H40O10S. The van der Waals surface area contributed by atoms with Crippen molar-refractivity contribution in [1.29, 1.82) is 0 Å². The number of carbonyl (C=O) groups excluding carboxylic acids is 4. The Hall–Kier alpha value is -2.79.